The predicted molar refractivity (Wildman–Crippen MR) is 136 cm³/mol. The normalized spacial score (nSPS) is 15.1. The van der Waals surface area contributed by atoms with Gasteiger partial charge < -0.3 is 5.32 Å². The number of rotatable bonds is 7. The highest BCUT2D eigenvalue weighted by atomic mass is 35.5. The van der Waals surface area contributed by atoms with E-state index in [9.17, 15) is 17.6 Å². The second-order valence-electron chi connectivity index (χ2n) is 8.76. The molecule has 1 aliphatic heterocycles. The average molecular weight is 516 g/mol. The number of piperidine rings is 1. The van der Waals surface area contributed by atoms with Gasteiger partial charge in [-0.3, -0.25) is 14.4 Å². The molecule has 2 N–H and O–H groups in total. The molecule has 0 aliphatic carbocycles. The molecule has 4 rings (SSSR count). The minimum atomic E-state index is -3.79. The maximum Gasteiger partial charge on any atom is 0.261 e. The number of likely N-dealkylation sites (tertiary alicyclic amines) is 1. The van der Waals surface area contributed by atoms with Crippen molar-refractivity contribution in [1.29, 1.82) is 0 Å². The molecule has 1 aliphatic rings. The average Bonchev–Trinajstić information content (AvgIpc) is 2.83. The second kappa shape index (κ2) is 10.8. The molecule has 0 saturated carbocycles. The Hall–Kier alpha value is -2.94. The fourth-order valence-electron chi connectivity index (χ4n) is 4.03. The van der Waals surface area contributed by atoms with Crippen molar-refractivity contribution in [1.82, 2.24) is 4.90 Å². The number of nitrogens with zero attached hydrogens (tertiary/aromatic N) is 1. The number of amides is 1. The van der Waals surface area contributed by atoms with E-state index < -0.39 is 10.0 Å². The molecular weight excluding hydrogens is 489 g/mol. The van der Waals surface area contributed by atoms with E-state index in [0.29, 0.717) is 16.4 Å². The zero-order valence-corrected chi connectivity index (χ0v) is 20.9. The quantitative estimate of drug-likeness (QED) is 0.439. The summed E-state index contributed by atoms with van der Waals surface area (Å²) < 4.78 is 41.0. The summed E-state index contributed by atoms with van der Waals surface area (Å²) in [7, 11) is -3.79. The van der Waals surface area contributed by atoms with E-state index in [-0.39, 0.29) is 22.5 Å². The molecule has 3 aromatic rings. The third kappa shape index (κ3) is 6.60. The molecule has 0 atom stereocenters. The Morgan fingerprint density at radius 1 is 1.00 bits per heavy atom. The Morgan fingerprint density at radius 3 is 2.26 bits per heavy atom. The lowest BCUT2D eigenvalue weighted by atomic mass is 9.95. The Bertz CT molecular complexity index is 1290. The van der Waals surface area contributed by atoms with Crippen molar-refractivity contribution in [3.8, 4) is 0 Å². The van der Waals surface area contributed by atoms with Crippen LogP contribution in [0, 0.1) is 18.7 Å². The van der Waals surface area contributed by atoms with E-state index >= 15 is 0 Å². The van der Waals surface area contributed by atoms with E-state index in [1.807, 2.05) is 6.92 Å². The number of halogens is 2. The van der Waals surface area contributed by atoms with Crippen molar-refractivity contribution in [3.63, 3.8) is 0 Å². The van der Waals surface area contributed by atoms with Gasteiger partial charge in [0.1, 0.15) is 5.82 Å². The Labute approximate surface area is 210 Å². The monoisotopic (exact) mass is 515 g/mol. The van der Waals surface area contributed by atoms with Crippen LogP contribution >= 0.6 is 11.6 Å². The van der Waals surface area contributed by atoms with Crippen LogP contribution in [0.25, 0.3) is 0 Å². The topological polar surface area (TPSA) is 78.5 Å². The summed E-state index contributed by atoms with van der Waals surface area (Å²) in [4.78, 5) is 15.1. The number of hydrogen-bond acceptors (Lipinski definition) is 4. The van der Waals surface area contributed by atoms with E-state index in [2.05, 4.69) is 14.9 Å². The highest BCUT2D eigenvalue weighted by Gasteiger charge is 2.25. The number of carbonyl (C=O) groups excluding carboxylic acids is 1. The first-order valence-electron chi connectivity index (χ1n) is 11.4. The van der Waals surface area contributed by atoms with Crippen molar-refractivity contribution in [2.24, 2.45) is 5.92 Å². The summed E-state index contributed by atoms with van der Waals surface area (Å²) in [6.07, 6.45) is 1.45. The summed E-state index contributed by atoms with van der Waals surface area (Å²) in [5.74, 6) is -0.438. The number of hydrogen-bond donors (Lipinski definition) is 2. The smallest absolute Gasteiger partial charge is 0.261 e. The molecule has 3 aromatic carbocycles. The lowest BCUT2D eigenvalue weighted by molar-refractivity contribution is -0.121. The lowest BCUT2D eigenvalue weighted by Gasteiger charge is -2.31. The number of anilines is 2. The Kier molecular flexibility index (Phi) is 7.74. The minimum Gasteiger partial charge on any atom is -0.326 e. The molecule has 35 heavy (non-hydrogen) atoms. The van der Waals surface area contributed by atoms with Crippen LogP contribution in [0.3, 0.4) is 0 Å². The molecule has 0 bridgehead atoms. The van der Waals surface area contributed by atoms with Gasteiger partial charge in [0.2, 0.25) is 5.91 Å². The molecule has 184 valence electrons. The van der Waals surface area contributed by atoms with Crippen molar-refractivity contribution < 1.29 is 17.6 Å². The fraction of sp³-hybridized carbons (Fsp3) is 0.269. The predicted octanol–water partition coefficient (Wildman–Crippen LogP) is 5.44. The van der Waals surface area contributed by atoms with Crippen LogP contribution in [-0.4, -0.2) is 32.3 Å². The summed E-state index contributed by atoms with van der Waals surface area (Å²) in [5, 5.41) is 3.37. The zero-order valence-electron chi connectivity index (χ0n) is 19.3. The van der Waals surface area contributed by atoms with Gasteiger partial charge in [0.25, 0.3) is 10.0 Å². The second-order valence-corrected chi connectivity index (χ2v) is 10.8. The van der Waals surface area contributed by atoms with Crippen molar-refractivity contribution in [3.05, 3.63) is 88.7 Å². The van der Waals surface area contributed by atoms with Gasteiger partial charge in [-0.05, 0) is 92.5 Å². The first kappa shape index (κ1) is 25.2. The maximum absolute atomic E-state index is 13.1. The third-order valence-corrected chi connectivity index (χ3v) is 7.94. The van der Waals surface area contributed by atoms with Crippen molar-refractivity contribution >= 4 is 38.9 Å². The van der Waals surface area contributed by atoms with Gasteiger partial charge in [0.05, 0.1) is 10.6 Å². The molecule has 9 heteroatoms. The molecule has 0 aromatic heterocycles. The molecule has 1 amide bonds. The number of carbonyl (C=O) groups is 1. The van der Waals surface area contributed by atoms with Crippen LogP contribution in [0.4, 0.5) is 15.8 Å². The van der Waals surface area contributed by atoms with Crippen LogP contribution < -0.4 is 10.0 Å². The molecule has 0 radical (unpaired) electrons. The zero-order chi connectivity index (χ0) is 25.0. The van der Waals surface area contributed by atoms with Crippen molar-refractivity contribution in [2.45, 2.75) is 31.2 Å². The molecule has 1 heterocycles. The molecule has 6 nitrogen and oxygen atoms in total. The first-order valence-corrected chi connectivity index (χ1v) is 13.2. The number of benzene rings is 3. The highest BCUT2D eigenvalue weighted by Crippen LogP contribution is 2.24. The Morgan fingerprint density at radius 2 is 1.63 bits per heavy atom. The van der Waals surface area contributed by atoms with Gasteiger partial charge in [0.15, 0.2) is 0 Å². The fourth-order valence-corrected chi connectivity index (χ4v) is 5.26. The third-order valence-electron chi connectivity index (χ3n) is 6.13. The lowest BCUT2D eigenvalue weighted by Crippen LogP contribution is -2.37. The maximum atomic E-state index is 13.1. The summed E-state index contributed by atoms with van der Waals surface area (Å²) in [6.45, 7) is 4.13. The van der Waals surface area contributed by atoms with Gasteiger partial charge in [-0.25, -0.2) is 12.8 Å². The summed E-state index contributed by atoms with van der Waals surface area (Å²) in [6, 6.07) is 17.5. The van der Waals surface area contributed by atoms with Crippen LogP contribution in [0.2, 0.25) is 5.02 Å². The number of sulfonamides is 1. The van der Waals surface area contributed by atoms with Gasteiger partial charge >= 0.3 is 0 Å². The van der Waals surface area contributed by atoms with E-state index in [1.54, 1.807) is 42.5 Å². The molecule has 0 spiro atoms. The molecule has 1 fully saturated rings. The van der Waals surface area contributed by atoms with E-state index in [4.69, 9.17) is 11.6 Å². The number of aryl methyl sites for hydroxylation is 1. The highest BCUT2D eigenvalue weighted by molar-refractivity contribution is 7.92. The van der Waals surface area contributed by atoms with Crippen LogP contribution in [0.1, 0.15) is 24.0 Å². The van der Waals surface area contributed by atoms with Gasteiger partial charge in [-0.1, -0.05) is 29.8 Å². The van der Waals surface area contributed by atoms with Gasteiger partial charge in [-0.15, -0.1) is 0 Å². The van der Waals surface area contributed by atoms with E-state index in [0.717, 1.165) is 43.6 Å². The molecule has 1 saturated heterocycles. The van der Waals surface area contributed by atoms with E-state index in [1.165, 1.54) is 24.3 Å². The number of nitrogens with one attached hydrogen (secondary N) is 2. The Balaban J connectivity index is 1.30. The molecule has 0 unspecified atom stereocenters. The standard InChI is InChI=1S/C26H27ClFN3O3S/c1-18-2-7-23(16-25(18)27)30-35(33,34)24-10-8-22(9-11-24)29-26(32)20-12-14-31(15-13-20)17-19-3-5-21(28)6-4-19/h2-11,16,20,30H,12-15,17H2,1H3,(H,29,32). The summed E-state index contributed by atoms with van der Waals surface area (Å²) >= 11 is 6.08. The van der Waals surface area contributed by atoms with Crippen LogP contribution in [-0.2, 0) is 21.4 Å². The minimum absolute atomic E-state index is 0.0746. The van der Waals surface area contributed by atoms with Crippen LogP contribution in [0.15, 0.2) is 71.6 Å². The first-order chi connectivity index (χ1) is 16.7. The summed E-state index contributed by atoms with van der Waals surface area (Å²) in [5.41, 5.74) is 2.82. The van der Waals surface area contributed by atoms with Crippen LogP contribution in [0.5, 0.6) is 0 Å². The van der Waals surface area contributed by atoms with Gasteiger partial charge in [-0.2, -0.15) is 0 Å². The SMILES string of the molecule is Cc1ccc(NS(=O)(=O)c2ccc(NC(=O)C3CCN(Cc4ccc(F)cc4)CC3)cc2)cc1Cl. The van der Waals surface area contributed by atoms with Gasteiger partial charge in [0, 0.05) is 23.2 Å². The largest absolute Gasteiger partial charge is 0.326 e. The molecular formula is C26H27ClFN3O3S. The van der Waals surface area contributed by atoms with Crippen molar-refractivity contribution in [2.75, 3.05) is 23.1 Å².